The van der Waals surface area contributed by atoms with E-state index in [1.54, 1.807) is 13.0 Å². The van der Waals surface area contributed by atoms with Crippen LogP contribution in [0.15, 0.2) is 47.2 Å². The number of rotatable bonds is 4. The van der Waals surface area contributed by atoms with Crippen molar-refractivity contribution in [3.8, 4) is 0 Å². The van der Waals surface area contributed by atoms with E-state index in [1.165, 1.54) is 12.4 Å². The van der Waals surface area contributed by atoms with Crippen molar-refractivity contribution in [1.82, 2.24) is 15.5 Å². The molecule has 2 rings (SSSR count). The van der Waals surface area contributed by atoms with E-state index < -0.39 is 12.1 Å². The molecule has 0 bridgehead atoms. The highest BCUT2D eigenvalue weighted by Gasteiger charge is 2.19. The van der Waals surface area contributed by atoms with E-state index in [0.717, 1.165) is 10.0 Å². The van der Waals surface area contributed by atoms with Gasteiger partial charge in [-0.3, -0.25) is 4.79 Å². The van der Waals surface area contributed by atoms with E-state index in [0.29, 0.717) is 5.56 Å². The Hall–Kier alpha value is -1.79. The van der Waals surface area contributed by atoms with Gasteiger partial charge in [-0.15, -0.1) is 0 Å². The third-order valence-electron chi connectivity index (χ3n) is 2.89. The Labute approximate surface area is 125 Å². The topological polar surface area (TPSA) is 75.1 Å². The summed E-state index contributed by atoms with van der Waals surface area (Å²) in [5, 5.41) is 20.2. The number of hydrogen-bond acceptors (Lipinski definition) is 4. The molecule has 0 spiro atoms. The average Bonchev–Trinajstić information content (AvgIpc) is 2.48. The molecule has 1 aromatic carbocycles. The van der Waals surface area contributed by atoms with Crippen molar-refractivity contribution in [2.45, 2.75) is 19.1 Å². The molecule has 2 aromatic rings. The van der Waals surface area contributed by atoms with Crippen LogP contribution in [0.1, 0.15) is 28.9 Å². The van der Waals surface area contributed by atoms with Gasteiger partial charge in [-0.1, -0.05) is 28.1 Å². The van der Waals surface area contributed by atoms with Gasteiger partial charge in [-0.2, -0.15) is 10.2 Å². The van der Waals surface area contributed by atoms with Gasteiger partial charge in [0.15, 0.2) is 0 Å². The van der Waals surface area contributed by atoms with Gasteiger partial charge in [0.05, 0.1) is 30.1 Å². The summed E-state index contributed by atoms with van der Waals surface area (Å²) in [5.74, 6) is -0.288. The number of halogens is 1. The second kappa shape index (κ2) is 6.58. The Bertz CT molecular complexity index is 575. The van der Waals surface area contributed by atoms with Crippen molar-refractivity contribution in [3.05, 3.63) is 58.3 Å². The smallest absolute Gasteiger partial charge is 0.253 e. The monoisotopic (exact) mass is 335 g/mol. The van der Waals surface area contributed by atoms with Crippen molar-refractivity contribution in [1.29, 1.82) is 0 Å². The molecule has 5 nitrogen and oxygen atoms in total. The summed E-state index contributed by atoms with van der Waals surface area (Å²) in [6.45, 7) is 1.75. The number of aliphatic hydroxyl groups excluding tert-OH is 1. The number of aliphatic hydroxyl groups is 1. The third kappa shape index (κ3) is 3.61. The molecule has 1 heterocycles. The van der Waals surface area contributed by atoms with Crippen LogP contribution in [0.2, 0.25) is 0 Å². The first kappa shape index (κ1) is 14.6. The fourth-order valence-corrected chi connectivity index (χ4v) is 2.01. The van der Waals surface area contributed by atoms with E-state index in [1.807, 2.05) is 24.3 Å². The van der Waals surface area contributed by atoms with Crippen molar-refractivity contribution in [3.63, 3.8) is 0 Å². The van der Waals surface area contributed by atoms with Gasteiger partial charge >= 0.3 is 0 Å². The molecule has 0 saturated heterocycles. The summed E-state index contributed by atoms with van der Waals surface area (Å²) in [6.07, 6.45) is 2.06. The first-order chi connectivity index (χ1) is 9.58. The molecule has 0 fully saturated rings. The standard InChI is InChI=1S/C14H14BrN3O2/c1-9(13(19)10-2-4-12(15)5-3-10)18-14(20)11-6-7-16-17-8-11/h2-9,13,19H,1H3,(H,18,20). The second-order valence-corrected chi connectivity index (χ2v) is 5.31. The van der Waals surface area contributed by atoms with Gasteiger partial charge in [0.1, 0.15) is 0 Å². The Morgan fingerprint density at radius 1 is 1.25 bits per heavy atom. The van der Waals surface area contributed by atoms with Gasteiger partial charge in [-0.05, 0) is 30.7 Å². The van der Waals surface area contributed by atoms with E-state index in [-0.39, 0.29) is 5.91 Å². The zero-order chi connectivity index (χ0) is 14.5. The minimum Gasteiger partial charge on any atom is -0.386 e. The Morgan fingerprint density at radius 2 is 1.95 bits per heavy atom. The fourth-order valence-electron chi connectivity index (χ4n) is 1.74. The highest BCUT2D eigenvalue weighted by atomic mass is 79.9. The van der Waals surface area contributed by atoms with Gasteiger partial charge in [0.2, 0.25) is 0 Å². The maximum atomic E-state index is 11.9. The molecule has 0 aliphatic heterocycles. The molecule has 0 aliphatic rings. The minimum atomic E-state index is -0.776. The summed E-state index contributed by atoms with van der Waals surface area (Å²) in [6, 6.07) is 8.47. The lowest BCUT2D eigenvalue weighted by Gasteiger charge is -2.20. The molecule has 20 heavy (non-hydrogen) atoms. The van der Waals surface area contributed by atoms with Crippen LogP contribution in [0.4, 0.5) is 0 Å². The minimum absolute atomic E-state index is 0.288. The summed E-state index contributed by atoms with van der Waals surface area (Å²) < 4.78 is 0.938. The van der Waals surface area contributed by atoms with Crippen molar-refractivity contribution in [2.24, 2.45) is 0 Å². The maximum Gasteiger partial charge on any atom is 0.253 e. The molecule has 6 heteroatoms. The fraction of sp³-hybridized carbons (Fsp3) is 0.214. The van der Waals surface area contributed by atoms with E-state index in [9.17, 15) is 9.90 Å². The third-order valence-corrected chi connectivity index (χ3v) is 3.42. The number of nitrogens with one attached hydrogen (secondary N) is 1. The van der Waals surface area contributed by atoms with Crippen molar-refractivity contribution < 1.29 is 9.90 Å². The molecule has 1 aromatic heterocycles. The lowest BCUT2D eigenvalue weighted by molar-refractivity contribution is 0.0851. The number of nitrogens with zero attached hydrogens (tertiary/aromatic N) is 2. The van der Waals surface area contributed by atoms with Gasteiger partial charge in [0, 0.05) is 4.47 Å². The summed E-state index contributed by atoms with van der Waals surface area (Å²) in [5.41, 5.74) is 1.16. The normalized spacial score (nSPS) is 13.6. The zero-order valence-electron chi connectivity index (χ0n) is 10.8. The molecular formula is C14H14BrN3O2. The molecule has 0 aliphatic carbocycles. The largest absolute Gasteiger partial charge is 0.386 e. The molecule has 1 amide bonds. The molecule has 2 N–H and O–H groups in total. The molecule has 104 valence electrons. The molecule has 0 saturated carbocycles. The second-order valence-electron chi connectivity index (χ2n) is 4.39. The van der Waals surface area contributed by atoms with Crippen LogP contribution in [0.3, 0.4) is 0 Å². The molecule has 2 unspecified atom stereocenters. The highest BCUT2D eigenvalue weighted by molar-refractivity contribution is 9.10. The number of carbonyl (C=O) groups is 1. The Balaban J connectivity index is 2.02. The summed E-state index contributed by atoms with van der Waals surface area (Å²) in [7, 11) is 0. The zero-order valence-corrected chi connectivity index (χ0v) is 12.4. The number of amides is 1. The van der Waals surface area contributed by atoms with Crippen molar-refractivity contribution >= 4 is 21.8 Å². The number of carbonyl (C=O) groups excluding carboxylic acids is 1. The quantitative estimate of drug-likeness (QED) is 0.897. The van der Waals surface area contributed by atoms with Crippen LogP contribution in [0, 0.1) is 0 Å². The average molecular weight is 336 g/mol. The molecule has 0 radical (unpaired) electrons. The van der Waals surface area contributed by atoms with Crippen LogP contribution in [0.25, 0.3) is 0 Å². The van der Waals surface area contributed by atoms with Gasteiger partial charge in [0.25, 0.3) is 5.91 Å². The number of hydrogen-bond donors (Lipinski definition) is 2. The lowest BCUT2D eigenvalue weighted by Crippen LogP contribution is -2.37. The van der Waals surface area contributed by atoms with Gasteiger partial charge in [-0.25, -0.2) is 0 Å². The Morgan fingerprint density at radius 3 is 2.55 bits per heavy atom. The van der Waals surface area contributed by atoms with E-state index in [4.69, 9.17) is 0 Å². The maximum absolute atomic E-state index is 11.9. The lowest BCUT2D eigenvalue weighted by atomic mass is 10.0. The van der Waals surface area contributed by atoms with Crippen LogP contribution in [0.5, 0.6) is 0 Å². The predicted octanol–water partition coefficient (Wildman–Crippen LogP) is 2.09. The van der Waals surface area contributed by atoms with Crippen LogP contribution >= 0.6 is 15.9 Å². The SMILES string of the molecule is CC(NC(=O)c1ccnnc1)C(O)c1ccc(Br)cc1. The number of aromatic nitrogens is 2. The van der Waals surface area contributed by atoms with Crippen LogP contribution in [-0.4, -0.2) is 27.3 Å². The van der Waals surface area contributed by atoms with Crippen molar-refractivity contribution in [2.75, 3.05) is 0 Å². The van der Waals surface area contributed by atoms with E-state index >= 15 is 0 Å². The van der Waals surface area contributed by atoms with E-state index in [2.05, 4.69) is 31.4 Å². The number of benzene rings is 1. The molecule has 2 atom stereocenters. The first-order valence-corrected chi connectivity index (χ1v) is 6.88. The van der Waals surface area contributed by atoms with Crippen LogP contribution in [-0.2, 0) is 0 Å². The predicted molar refractivity (Wildman–Crippen MR) is 78.1 cm³/mol. The molecular weight excluding hydrogens is 322 g/mol. The highest BCUT2D eigenvalue weighted by Crippen LogP contribution is 2.19. The summed E-state index contributed by atoms with van der Waals surface area (Å²) in [4.78, 5) is 11.9. The van der Waals surface area contributed by atoms with Gasteiger partial charge < -0.3 is 10.4 Å². The first-order valence-electron chi connectivity index (χ1n) is 6.09. The summed E-state index contributed by atoms with van der Waals surface area (Å²) >= 11 is 3.34. The van der Waals surface area contributed by atoms with Crippen LogP contribution < -0.4 is 5.32 Å². The Kier molecular flexibility index (Phi) is 4.81.